The first-order valence-corrected chi connectivity index (χ1v) is 10.3. The number of nitrogens with one attached hydrogen (secondary N) is 2. The van der Waals surface area contributed by atoms with Crippen molar-refractivity contribution in [2.24, 2.45) is 0 Å². The van der Waals surface area contributed by atoms with Crippen molar-refractivity contribution < 1.29 is 14.3 Å². The Morgan fingerprint density at radius 3 is 2.52 bits per heavy atom. The Morgan fingerprint density at radius 2 is 1.89 bits per heavy atom. The number of carbonyl (C=O) groups is 2. The van der Waals surface area contributed by atoms with Crippen LogP contribution >= 0.6 is 27.3 Å². The molecule has 1 aliphatic heterocycles. The smallest absolute Gasteiger partial charge is 0.341 e. The van der Waals surface area contributed by atoms with Gasteiger partial charge in [0.25, 0.3) is 5.91 Å². The quantitative estimate of drug-likeness (QED) is 0.664. The lowest BCUT2D eigenvalue weighted by molar-refractivity contribution is 0.0600. The molecule has 3 rings (SSSR count). The maximum Gasteiger partial charge on any atom is 0.341 e. The Hall–Kier alpha value is -1.70. The molecule has 144 valence electrons. The molecule has 0 bridgehead atoms. The summed E-state index contributed by atoms with van der Waals surface area (Å²) in [7, 11) is 1.36. The van der Waals surface area contributed by atoms with Gasteiger partial charge >= 0.3 is 5.97 Å². The van der Waals surface area contributed by atoms with Crippen LogP contribution in [0.5, 0.6) is 0 Å². The number of amides is 1. The van der Waals surface area contributed by atoms with E-state index in [0.29, 0.717) is 27.0 Å². The average Bonchev–Trinajstić information content (AvgIpc) is 2.91. The van der Waals surface area contributed by atoms with Gasteiger partial charge in [0.05, 0.1) is 18.2 Å². The molecule has 0 radical (unpaired) electrons. The number of anilines is 1. The normalized spacial score (nSPS) is 17.1. The lowest BCUT2D eigenvalue weighted by Gasteiger charge is -2.42. The average molecular weight is 451 g/mol. The molecule has 1 aliphatic rings. The van der Waals surface area contributed by atoms with Gasteiger partial charge in [0.2, 0.25) is 0 Å². The highest BCUT2D eigenvalue weighted by molar-refractivity contribution is 9.10. The van der Waals surface area contributed by atoms with Crippen LogP contribution < -0.4 is 10.6 Å². The Morgan fingerprint density at radius 1 is 1.22 bits per heavy atom. The minimum absolute atomic E-state index is 0.177. The molecule has 1 amide bonds. The number of hydrogen-bond acceptors (Lipinski definition) is 5. The molecule has 7 heteroatoms. The maximum atomic E-state index is 12.8. The van der Waals surface area contributed by atoms with Gasteiger partial charge in [-0.25, -0.2) is 4.79 Å². The van der Waals surface area contributed by atoms with E-state index < -0.39 is 5.97 Å². The molecule has 2 aromatic rings. The van der Waals surface area contributed by atoms with Crippen LogP contribution in [-0.4, -0.2) is 24.5 Å². The molecular weight excluding hydrogens is 428 g/mol. The van der Waals surface area contributed by atoms with E-state index in [-0.39, 0.29) is 17.0 Å². The van der Waals surface area contributed by atoms with E-state index in [0.717, 1.165) is 10.4 Å². The molecule has 0 saturated carbocycles. The molecule has 2 heterocycles. The van der Waals surface area contributed by atoms with Crippen LogP contribution in [0.1, 0.15) is 58.9 Å². The second-order valence-electron chi connectivity index (χ2n) is 7.85. The number of thiophene rings is 1. The van der Waals surface area contributed by atoms with Gasteiger partial charge in [0.15, 0.2) is 0 Å². The van der Waals surface area contributed by atoms with E-state index in [1.807, 2.05) is 12.1 Å². The topological polar surface area (TPSA) is 67.4 Å². The van der Waals surface area contributed by atoms with Crippen molar-refractivity contribution in [3.63, 3.8) is 0 Å². The standard InChI is InChI=1S/C20H23BrN2O3S/c1-19(2)10-12-14(18(25)26-5)17(27-15(12)20(3,4)23-19)22-16(24)11-8-6-7-9-13(11)21/h6-9,23H,10H2,1-5H3,(H,22,24). The minimum atomic E-state index is -0.427. The molecule has 27 heavy (non-hydrogen) atoms. The molecular formula is C20H23BrN2O3S. The number of benzene rings is 1. The van der Waals surface area contributed by atoms with Crippen molar-refractivity contribution in [1.29, 1.82) is 0 Å². The number of rotatable bonds is 3. The summed E-state index contributed by atoms with van der Waals surface area (Å²) in [4.78, 5) is 26.4. The van der Waals surface area contributed by atoms with E-state index in [9.17, 15) is 9.59 Å². The second kappa shape index (κ2) is 7.04. The molecule has 0 spiro atoms. The van der Waals surface area contributed by atoms with Gasteiger partial charge in [-0.3, -0.25) is 4.79 Å². The van der Waals surface area contributed by atoms with Crippen LogP contribution in [0, 0.1) is 0 Å². The van der Waals surface area contributed by atoms with E-state index in [2.05, 4.69) is 54.3 Å². The third-order valence-electron chi connectivity index (χ3n) is 4.58. The summed E-state index contributed by atoms with van der Waals surface area (Å²) in [6.07, 6.45) is 0.678. The summed E-state index contributed by atoms with van der Waals surface area (Å²) in [5.41, 5.74) is 1.42. The first-order chi connectivity index (χ1) is 12.6. The lowest BCUT2D eigenvalue weighted by atomic mass is 9.81. The molecule has 2 N–H and O–H groups in total. The van der Waals surface area contributed by atoms with Crippen molar-refractivity contribution in [3.05, 3.63) is 50.3 Å². The molecule has 1 aromatic carbocycles. The fourth-order valence-electron chi connectivity index (χ4n) is 3.75. The summed E-state index contributed by atoms with van der Waals surface area (Å²) in [5.74, 6) is -0.695. The predicted octanol–water partition coefficient (Wildman–Crippen LogP) is 4.71. The fraction of sp³-hybridized carbons (Fsp3) is 0.400. The van der Waals surface area contributed by atoms with Crippen molar-refractivity contribution in [2.75, 3.05) is 12.4 Å². The Bertz CT molecular complexity index is 918. The van der Waals surface area contributed by atoms with E-state index in [4.69, 9.17) is 4.74 Å². The van der Waals surface area contributed by atoms with Gasteiger partial charge in [0.1, 0.15) is 5.00 Å². The van der Waals surface area contributed by atoms with E-state index in [1.54, 1.807) is 12.1 Å². The SMILES string of the molecule is COC(=O)c1c(NC(=O)c2ccccc2Br)sc2c1CC(C)(C)NC2(C)C. The zero-order valence-corrected chi connectivity index (χ0v) is 18.4. The molecule has 0 fully saturated rings. The first-order valence-electron chi connectivity index (χ1n) is 8.65. The van der Waals surface area contributed by atoms with Gasteiger partial charge in [-0.2, -0.15) is 0 Å². The molecule has 0 aliphatic carbocycles. The van der Waals surface area contributed by atoms with E-state index in [1.165, 1.54) is 18.4 Å². The first kappa shape index (κ1) is 20.0. The fourth-order valence-corrected chi connectivity index (χ4v) is 5.47. The van der Waals surface area contributed by atoms with Gasteiger partial charge in [0, 0.05) is 20.4 Å². The number of halogens is 1. The molecule has 1 aromatic heterocycles. The Labute approximate surface area is 171 Å². The molecule has 5 nitrogen and oxygen atoms in total. The highest BCUT2D eigenvalue weighted by atomic mass is 79.9. The summed E-state index contributed by atoms with van der Waals surface area (Å²) in [5, 5.41) is 7.07. The third kappa shape index (κ3) is 3.81. The van der Waals surface area contributed by atoms with Gasteiger partial charge < -0.3 is 15.4 Å². The second-order valence-corrected chi connectivity index (χ2v) is 9.73. The predicted molar refractivity (Wildman–Crippen MR) is 112 cm³/mol. The number of esters is 1. The van der Waals surface area contributed by atoms with E-state index >= 15 is 0 Å². The number of ether oxygens (including phenoxy) is 1. The van der Waals surface area contributed by atoms with Crippen molar-refractivity contribution in [3.8, 4) is 0 Å². The highest BCUT2D eigenvalue weighted by Crippen LogP contribution is 2.45. The van der Waals surface area contributed by atoms with Gasteiger partial charge in [-0.15, -0.1) is 11.3 Å². The van der Waals surface area contributed by atoms with Crippen LogP contribution in [-0.2, 0) is 16.7 Å². The molecule has 0 saturated heterocycles. The largest absolute Gasteiger partial charge is 0.465 e. The summed E-state index contributed by atoms with van der Waals surface area (Å²) >= 11 is 4.83. The number of hydrogen-bond donors (Lipinski definition) is 2. The molecule has 0 unspecified atom stereocenters. The van der Waals surface area contributed by atoms with Gasteiger partial charge in [-0.1, -0.05) is 12.1 Å². The zero-order chi connectivity index (χ0) is 20.0. The number of fused-ring (bicyclic) bond motifs is 1. The van der Waals surface area contributed by atoms with Gasteiger partial charge in [-0.05, 0) is 67.7 Å². The lowest BCUT2D eigenvalue weighted by Crippen LogP contribution is -2.55. The van der Waals surface area contributed by atoms with Crippen LogP contribution in [0.25, 0.3) is 0 Å². The van der Waals surface area contributed by atoms with Crippen molar-refractivity contribution >= 4 is 44.1 Å². The summed E-state index contributed by atoms with van der Waals surface area (Å²) < 4.78 is 5.74. The summed E-state index contributed by atoms with van der Waals surface area (Å²) in [6, 6.07) is 7.20. The van der Waals surface area contributed by atoms with Crippen LogP contribution in [0.3, 0.4) is 0 Å². The summed E-state index contributed by atoms with van der Waals surface area (Å²) in [6.45, 7) is 8.39. The van der Waals surface area contributed by atoms with Crippen molar-refractivity contribution in [1.82, 2.24) is 5.32 Å². The monoisotopic (exact) mass is 450 g/mol. The maximum absolute atomic E-state index is 12.8. The third-order valence-corrected chi connectivity index (χ3v) is 6.74. The van der Waals surface area contributed by atoms with Crippen molar-refractivity contribution in [2.45, 2.75) is 45.2 Å². The highest BCUT2D eigenvalue weighted by Gasteiger charge is 2.42. The number of carbonyl (C=O) groups excluding carboxylic acids is 2. The van der Waals surface area contributed by atoms with Crippen LogP contribution in [0.4, 0.5) is 5.00 Å². The number of methoxy groups -OCH3 is 1. The molecule has 0 atom stereocenters. The Balaban J connectivity index is 2.09. The minimum Gasteiger partial charge on any atom is -0.465 e. The van der Waals surface area contributed by atoms with Crippen LogP contribution in [0.15, 0.2) is 28.7 Å². The Kier molecular flexibility index (Phi) is 5.22. The zero-order valence-electron chi connectivity index (χ0n) is 16.0. The van der Waals surface area contributed by atoms with Crippen LogP contribution in [0.2, 0.25) is 0 Å².